The highest BCUT2D eigenvalue weighted by molar-refractivity contribution is 7.92. The number of nitrogens with one attached hydrogen (secondary N) is 2. The Morgan fingerprint density at radius 3 is 2.61 bits per heavy atom. The summed E-state index contributed by atoms with van der Waals surface area (Å²) < 4.78 is 23.8. The summed E-state index contributed by atoms with van der Waals surface area (Å²) in [5.41, 5.74) is 1.33. The Morgan fingerprint density at radius 2 is 1.96 bits per heavy atom. The maximum Gasteiger partial charge on any atom is 0.191 e. The molecule has 0 aliphatic carbocycles. The zero-order chi connectivity index (χ0) is 20.6. The molecule has 1 aliphatic rings. The van der Waals surface area contributed by atoms with Gasteiger partial charge in [0.25, 0.3) is 0 Å². The molecule has 6 nitrogen and oxygen atoms in total. The van der Waals surface area contributed by atoms with Crippen molar-refractivity contribution in [3.05, 3.63) is 35.9 Å². The number of aliphatic imine (C=N–C) groups is 1. The fraction of sp³-hybridized carbons (Fsp3) is 0.667. The Hall–Kier alpha value is -1.60. The van der Waals surface area contributed by atoms with Gasteiger partial charge >= 0.3 is 0 Å². The number of rotatable bonds is 7. The summed E-state index contributed by atoms with van der Waals surface area (Å²) in [5, 5.41) is 6.75. The molecule has 0 saturated carbocycles. The molecule has 2 rings (SSSR count). The van der Waals surface area contributed by atoms with Crippen LogP contribution in [0.4, 0.5) is 0 Å². The standard InChI is InChI=1S/C21H36N4O2S/c1-5-22-20(23-13-15-28(26,27)21(2,3)4)24-19-12-9-14-25(17-19)16-18-10-7-6-8-11-18/h6-8,10-11,19H,5,9,12-17H2,1-4H3,(H2,22,23,24). The van der Waals surface area contributed by atoms with E-state index in [4.69, 9.17) is 0 Å². The summed E-state index contributed by atoms with van der Waals surface area (Å²) in [6.45, 7) is 11.3. The largest absolute Gasteiger partial charge is 0.357 e. The lowest BCUT2D eigenvalue weighted by atomic mass is 10.0. The topological polar surface area (TPSA) is 73.8 Å². The second-order valence-corrected chi connectivity index (χ2v) is 11.3. The van der Waals surface area contributed by atoms with Gasteiger partial charge in [-0.15, -0.1) is 0 Å². The molecule has 0 radical (unpaired) electrons. The van der Waals surface area contributed by atoms with Crippen LogP contribution in [-0.4, -0.2) is 62.0 Å². The van der Waals surface area contributed by atoms with Gasteiger partial charge in [0.15, 0.2) is 15.8 Å². The Labute approximate surface area is 170 Å². The molecule has 1 saturated heterocycles. The number of guanidine groups is 1. The Kier molecular flexibility index (Phi) is 8.31. The van der Waals surface area contributed by atoms with E-state index in [0.29, 0.717) is 12.0 Å². The molecule has 1 fully saturated rings. The van der Waals surface area contributed by atoms with Crippen molar-refractivity contribution in [3.8, 4) is 0 Å². The average Bonchev–Trinajstić information content (AvgIpc) is 2.62. The molecule has 0 bridgehead atoms. The average molecular weight is 409 g/mol. The highest BCUT2D eigenvalue weighted by Crippen LogP contribution is 2.16. The van der Waals surface area contributed by atoms with Gasteiger partial charge in [-0.05, 0) is 52.6 Å². The second-order valence-electron chi connectivity index (χ2n) is 8.40. The smallest absolute Gasteiger partial charge is 0.191 e. The summed E-state index contributed by atoms with van der Waals surface area (Å²) in [5.74, 6) is 0.774. The van der Waals surface area contributed by atoms with Gasteiger partial charge in [-0.2, -0.15) is 0 Å². The molecule has 0 amide bonds. The third kappa shape index (κ3) is 7.09. The normalized spacial score (nSPS) is 19.4. The molecule has 158 valence electrons. The third-order valence-corrected chi connectivity index (χ3v) is 7.59. The van der Waals surface area contributed by atoms with Crippen LogP contribution < -0.4 is 10.6 Å². The maximum atomic E-state index is 12.3. The van der Waals surface area contributed by atoms with Crippen LogP contribution >= 0.6 is 0 Å². The maximum absolute atomic E-state index is 12.3. The van der Waals surface area contributed by atoms with Crippen LogP contribution in [-0.2, 0) is 16.4 Å². The van der Waals surface area contributed by atoms with Crippen LogP contribution in [0.3, 0.4) is 0 Å². The summed E-state index contributed by atoms with van der Waals surface area (Å²) in [6.07, 6.45) is 2.23. The molecular formula is C21H36N4O2S. The van der Waals surface area contributed by atoms with Gasteiger partial charge in [0.1, 0.15) is 0 Å². The predicted molar refractivity (Wildman–Crippen MR) is 117 cm³/mol. The number of likely N-dealkylation sites (tertiary alicyclic amines) is 1. The quantitative estimate of drug-likeness (QED) is 0.535. The van der Waals surface area contributed by atoms with E-state index in [9.17, 15) is 8.42 Å². The molecule has 1 unspecified atom stereocenters. The van der Waals surface area contributed by atoms with E-state index in [1.54, 1.807) is 20.8 Å². The van der Waals surface area contributed by atoms with Crippen molar-refractivity contribution >= 4 is 15.8 Å². The fourth-order valence-corrected chi connectivity index (χ4v) is 4.20. The van der Waals surface area contributed by atoms with Crippen molar-refractivity contribution in [2.45, 2.75) is 57.9 Å². The molecule has 1 aromatic rings. The molecular weight excluding hydrogens is 372 g/mol. The Morgan fingerprint density at radius 1 is 1.25 bits per heavy atom. The van der Waals surface area contributed by atoms with Gasteiger partial charge in [0.05, 0.1) is 17.0 Å². The van der Waals surface area contributed by atoms with Crippen molar-refractivity contribution in [2.75, 3.05) is 31.9 Å². The van der Waals surface area contributed by atoms with E-state index in [1.165, 1.54) is 5.56 Å². The molecule has 1 aromatic carbocycles. The Bertz CT molecular complexity index is 727. The molecule has 28 heavy (non-hydrogen) atoms. The van der Waals surface area contributed by atoms with E-state index in [1.807, 2.05) is 13.0 Å². The summed E-state index contributed by atoms with van der Waals surface area (Å²) in [6, 6.07) is 10.8. The van der Waals surface area contributed by atoms with Gasteiger partial charge in [0.2, 0.25) is 0 Å². The van der Waals surface area contributed by atoms with Crippen molar-refractivity contribution in [1.29, 1.82) is 0 Å². The van der Waals surface area contributed by atoms with Gasteiger partial charge < -0.3 is 10.6 Å². The Balaban J connectivity index is 1.91. The minimum atomic E-state index is -3.16. The first-order valence-electron chi connectivity index (χ1n) is 10.2. The molecule has 1 heterocycles. The van der Waals surface area contributed by atoms with Crippen LogP contribution in [0.25, 0.3) is 0 Å². The van der Waals surface area contributed by atoms with E-state index in [-0.39, 0.29) is 12.3 Å². The molecule has 0 spiro atoms. The monoisotopic (exact) mass is 408 g/mol. The van der Waals surface area contributed by atoms with Crippen molar-refractivity contribution in [2.24, 2.45) is 4.99 Å². The first kappa shape index (κ1) is 22.7. The third-order valence-electron chi connectivity index (χ3n) is 5.00. The first-order chi connectivity index (χ1) is 13.2. The number of nitrogens with zero attached hydrogens (tertiary/aromatic N) is 2. The summed E-state index contributed by atoms with van der Waals surface area (Å²) >= 11 is 0. The van der Waals surface area contributed by atoms with Crippen molar-refractivity contribution < 1.29 is 8.42 Å². The summed E-state index contributed by atoms with van der Waals surface area (Å²) in [4.78, 5) is 6.97. The lowest BCUT2D eigenvalue weighted by Gasteiger charge is -2.34. The molecule has 2 N–H and O–H groups in total. The van der Waals surface area contributed by atoms with Crippen molar-refractivity contribution in [1.82, 2.24) is 15.5 Å². The minimum absolute atomic E-state index is 0.0673. The lowest BCUT2D eigenvalue weighted by molar-refractivity contribution is 0.192. The van der Waals surface area contributed by atoms with Crippen LogP contribution in [0.5, 0.6) is 0 Å². The number of sulfone groups is 1. The van der Waals surface area contributed by atoms with Crippen LogP contribution in [0.15, 0.2) is 35.3 Å². The molecule has 1 aliphatic heterocycles. The predicted octanol–water partition coefficient (Wildman–Crippen LogP) is 2.42. The highest BCUT2D eigenvalue weighted by Gasteiger charge is 2.28. The lowest BCUT2D eigenvalue weighted by Crippen LogP contribution is -2.51. The zero-order valence-electron chi connectivity index (χ0n) is 17.7. The number of hydrogen-bond donors (Lipinski definition) is 2. The first-order valence-corrected chi connectivity index (χ1v) is 11.9. The molecule has 7 heteroatoms. The van der Waals surface area contributed by atoms with Gasteiger partial charge in [-0.1, -0.05) is 30.3 Å². The van der Waals surface area contributed by atoms with Crippen LogP contribution in [0, 0.1) is 0 Å². The molecule has 1 atom stereocenters. The molecule has 0 aromatic heterocycles. The number of hydrogen-bond acceptors (Lipinski definition) is 4. The van der Waals surface area contributed by atoms with Gasteiger partial charge in [-0.3, -0.25) is 9.89 Å². The number of piperidine rings is 1. The van der Waals surface area contributed by atoms with Crippen LogP contribution in [0.1, 0.15) is 46.1 Å². The van der Waals surface area contributed by atoms with E-state index in [2.05, 4.69) is 44.8 Å². The number of benzene rings is 1. The van der Waals surface area contributed by atoms with E-state index in [0.717, 1.165) is 39.0 Å². The SMILES string of the molecule is CCNC(=NCCS(=O)(=O)C(C)(C)C)NC1CCCN(Cc2ccccc2)C1. The fourth-order valence-electron chi connectivity index (χ4n) is 3.26. The highest BCUT2D eigenvalue weighted by atomic mass is 32.2. The minimum Gasteiger partial charge on any atom is -0.357 e. The van der Waals surface area contributed by atoms with Gasteiger partial charge in [-0.25, -0.2) is 8.42 Å². The van der Waals surface area contributed by atoms with E-state index < -0.39 is 14.6 Å². The van der Waals surface area contributed by atoms with Crippen molar-refractivity contribution in [3.63, 3.8) is 0 Å². The van der Waals surface area contributed by atoms with Crippen LogP contribution in [0.2, 0.25) is 0 Å². The second kappa shape index (κ2) is 10.3. The summed E-state index contributed by atoms with van der Waals surface area (Å²) in [7, 11) is -3.16. The van der Waals surface area contributed by atoms with Gasteiger partial charge in [0, 0.05) is 25.7 Å². The van der Waals surface area contributed by atoms with E-state index >= 15 is 0 Å². The zero-order valence-corrected chi connectivity index (χ0v) is 18.6.